The summed E-state index contributed by atoms with van der Waals surface area (Å²) < 4.78 is 2.29. The molecule has 0 aromatic carbocycles. The Kier molecular flexibility index (Phi) is 3.39. The molecule has 3 heterocycles. The van der Waals surface area contributed by atoms with Crippen molar-refractivity contribution < 1.29 is 0 Å². The van der Waals surface area contributed by atoms with Crippen LogP contribution in [0.3, 0.4) is 0 Å². The highest BCUT2D eigenvalue weighted by Crippen LogP contribution is 2.29. The van der Waals surface area contributed by atoms with Gasteiger partial charge in [0.05, 0.1) is 11.7 Å². The van der Waals surface area contributed by atoms with Crippen LogP contribution in [0.5, 0.6) is 0 Å². The molecule has 2 aliphatic rings. The van der Waals surface area contributed by atoms with Crippen molar-refractivity contribution in [2.45, 2.75) is 51.1 Å². The van der Waals surface area contributed by atoms with Crippen LogP contribution in [0.4, 0.5) is 0 Å². The lowest BCUT2D eigenvalue weighted by atomic mass is 9.95. The van der Waals surface area contributed by atoms with Gasteiger partial charge in [0.25, 0.3) is 0 Å². The van der Waals surface area contributed by atoms with E-state index in [1.54, 1.807) is 0 Å². The molecule has 0 spiro atoms. The summed E-state index contributed by atoms with van der Waals surface area (Å²) in [7, 11) is 0. The van der Waals surface area contributed by atoms with Gasteiger partial charge < -0.3 is 15.2 Å². The van der Waals surface area contributed by atoms with Crippen LogP contribution in [0, 0.1) is 0 Å². The second kappa shape index (κ2) is 5.02. The summed E-state index contributed by atoms with van der Waals surface area (Å²) in [6.45, 7) is 6.92. The first-order valence-corrected chi connectivity index (χ1v) is 7.33. The van der Waals surface area contributed by atoms with Gasteiger partial charge in [0.15, 0.2) is 0 Å². The molecular weight excluding hydrogens is 224 g/mol. The Morgan fingerprint density at radius 2 is 2.17 bits per heavy atom. The lowest BCUT2D eigenvalue weighted by Crippen LogP contribution is -2.34. The number of aromatic nitrogens is 2. The third-order valence-electron chi connectivity index (χ3n) is 4.44. The Balaban J connectivity index is 1.80. The number of imidazole rings is 1. The van der Waals surface area contributed by atoms with Gasteiger partial charge in [-0.15, -0.1) is 0 Å². The summed E-state index contributed by atoms with van der Waals surface area (Å²) in [6, 6.07) is 0.151. The van der Waals surface area contributed by atoms with Crippen LogP contribution in [-0.4, -0.2) is 34.1 Å². The van der Waals surface area contributed by atoms with Crippen LogP contribution in [0.15, 0.2) is 6.20 Å². The zero-order chi connectivity index (χ0) is 12.5. The van der Waals surface area contributed by atoms with E-state index < -0.39 is 0 Å². The molecule has 0 radical (unpaired) electrons. The third kappa shape index (κ3) is 2.19. The van der Waals surface area contributed by atoms with Gasteiger partial charge in [-0.2, -0.15) is 0 Å². The zero-order valence-electron chi connectivity index (χ0n) is 11.3. The number of hydrogen-bond acceptors (Lipinski definition) is 3. The predicted octanol–water partition coefficient (Wildman–Crippen LogP) is 1.88. The van der Waals surface area contributed by atoms with Crippen molar-refractivity contribution in [2.24, 2.45) is 5.73 Å². The Hall–Kier alpha value is -0.870. The standard InChI is InChI=1S/C14H24N4/c1-2-17-7-3-5-11(9-17)13-10-18-8-4-6-12(15)14(18)16-13/h10-12H,2-9,15H2,1H3. The average molecular weight is 248 g/mol. The van der Waals surface area contributed by atoms with E-state index in [4.69, 9.17) is 10.7 Å². The Morgan fingerprint density at radius 1 is 1.33 bits per heavy atom. The Labute approximate surface area is 109 Å². The Morgan fingerprint density at radius 3 is 2.94 bits per heavy atom. The molecule has 100 valence electrons. The molecule has 2 aliphatic heterocycles. The van der Waals surface area contributed by atoms with Crippen LogP contribution < -0.4 is 5.73 Å². The number of hydrogen-bond donors (Lipinski definition) is 1. The molecule has 0 amide bonds. The van der Waals surface area contributed by atoms with Gasteiger partial charge in [-0.1, -0.05) is 6.92 Å². The lowest BCUT2D eigenvalue weighted by molar-refractivity contribution is 0.216. The van der Waals surface area contributed by atoms with Gasteiger partial charge in [-0.05, 0) is 38.8 Å². The highest BCUT2D eigenvalue weighted by molar-refractivity contribution is 5.14. The second-order valence-electron chi connectivity index (χ2n) is 5.70. The molecule has 1 aromatic rings. The highest BCUT2D eigenvalue weighted by atomic mass is 15.1. The molecule has 2 unspecified atom stereocenters. The molecule has 1 aromatic heterocycles. The fourth-order valence-electron chi connectivity index (χ4n) is 3.32. The minimum Gasteiger partial charge on any atom is -0.333 e. The van der Waals surface area contributed by atoms with E-state index in [-0.39, 0.29) is 6.04 Å². The van der Waals surface area contributed by atoms with Crippen molar-refractivity contribution in [2.75, 3.05) is 19.6 Å². The van der Waals surface area contributed by atoms with Gasteiger partial charge in [-0.3, -0.25) is 0 Å². The Bertz CT molecular complexity index is 412. The number of nitrogens with two attached hydrogens (primary N) is 1. The van der Waals surface area contributed by atoms with Crippen molar-refractivity contribution in [3.05, 3.63) is 17.7 Å². The van der Waals surface area contributed by atoms with Crippen LogP contribution in [0.2, 0.25) is 0 Å². The lowest BCUT2D eigenvalue weighted by Gasteiger charge is -2.30. The van der Waals surface area contributed by atoms with Crippen molar-refractivity contribution in [1.29, 1.82) is 0 Å². The first-order valence-electron chi connectivity index (χ1n) is 7.33. The molecule has 18 heavy (non-hydrogen) atoms. The minimum atomic E-state index is 0.151. The van der Waals surface area contributed by atoms with Gasteiger partial charge in [0, 0.05) is 25.2 Å². The summed E-state index contributed by atoms with van der Waals surface area (Å²) in [5.74, 6) is 1.73. The van der Waals surface area contributed by atoms with E-state index >= 15 is 0 Å². The monoisotopic (exact) mass is 248 g/mol. The second-order valence-corrected chi connectivity index (χ2v) is 5.70. The zero-order valence-corrected chi connectivity index (χ0v) is 11.3. The van der Waals surface area contributed by atoms with Gasteiger partial charge in [0.1, 0.15) is 5.82 Å². The summed E-state index contributed by atoms with van der Waals surface area (Å²) in [4.78, 5) is 7.37. The fraction of sp³-hybridized carbons (Fsp3) is 0.786. The van der Waals surface area contributed by atoms with Crippen molar-refractivity contribution >= 4 is 0 Å². The summed E-state index contributed by atoms with van der Waals surface area (Å²) in [5.41, 5.74) is 7.43. The van der Waals surface area contributed by atoms with Crippen LogP contribution >= 0.6 is 0 Å². The molecule has 2 N–H and O–H groups in total. The first kappa shape index (κ1) is 12.2. The number of fused-ring (bicyclic) bond motifs is 1. The normalized spacial score (nSPS) is 29.2. The molecule has 0 saturated carbocycles. The van der Waals surface area contributed by atoms with Crippen LogP contribution in [0.1, 0.15) is 56.1 Å². The van der Waals surface area contributed by atoms with Crippen molar-refractivity contribution in [3.8, 4) is 0 Å². The largest absolute Gasteiger partial charge is 0.333 e. The van der Waals surface area contributed by atoms with Gasteiger partial charge in [0.2, 0.25) is 0 Å². The van der Waals surface area contributed by atoms with Crippen LogP contribution in [-0.2, 0) is 6.54 Å². The maximum Gasteiger partial charge on any atom is 0.125 e. The predicted molar refractivity (Wildman–Crippen MR) is 72.5 cm³/mol. The quantitative estimate of drug-likeness (QED) is 0.869. The van der Waals surface area contributed by atoms with Crippen molar-refractivity contribution in [3.63, 3.8) is 0 Å². The fourth-order valence-corrected chi connectivity index (χ4v) is 3.32. The van der Waals surface area contributed by atoms with E-state index in [1.807, 2.05) is 0 Å². The van der Waals surface area contributed by atoms with Crippen molar-refractivity contribution in [1.82, 2.24) is 14.5 Å². The third-order valence-corrected chi connectivity index (χ3v) is 4.44. The number of likely N-dealkylation sites (N-methyl/N-ethyl adjacent to an activating group) is 1. The maximum atomic E-state index is 6.15. The molecule has 2 atom stereocenters. The number of rotatable bonds is 2. The molecule has 1 fully saturated rings. The molecular formula is C14H24N4. The van der Waals surface area contributed by atoms with Gasteiger partial charge >= 0.3 is 0 Å². The number of aryl methyl sites for hydroxylation is 1. The number of nitrogens with zero attached hydrogens (tertiary/aromatic N) is 3. The number of likely N-dealkylation sites (tertiary alicyclic amines) is 1. The molecule has 1 saturated heterocycles. The molecule has 4 heteroatoms. The number of piperidine rings is 1. The van der Waals surface area contributed by atoms with Crippen LogP contribution in [0.25, 0.3) is 0 Å². The maximum absolute atomic E-state index is 6.15. The molecule has 0 aliphatic carbocycles. The average Bonchev–Trinajstić information content (AvgIpc) is 2.84. The molecule has 4 nitrogen and oxygen atoms in total. The van der Waals surface area contributed by atoms with E-state index in [0.717, 1.165) is 25.3 Å². The van der Waals surface area contributed by atoms with E-state index in [0.29, 0.717) is 5.92 Å². The summed E-state index contributed by atoms with van der Waals surface area (Å²) >= 11 is 0. The van der Waals surface area contributed by atoms with E-state index in [2.05, 4.69) is 22.6 Å². The van der Waals surface area contributed by atoms with E-state index in [9.17, 15) is 0 Å². The summed E-state index contributed by atoms with van der Waals surface area (Å²) in [6.07, 6.45) is 7.12. The summed E-state index contributed by atoms with van der Waals surface area (Å²) in [5, 5.41) is 0. The SMILES string of the molecule is CCN1CCCC(c2cn3c(n2)C(N)CCC3)C1. The minimum absolute atomic E-state index is 0.151. The molecule has 3 rings (SSSR count). The first-order chi connectivity index (χ1) is 8.78. The smallest absolute Gasteiger partial charge is 0.125 e. The van der Waals surface area contributed by atoms with Gasteiger partial charge in [-0.25, -0.2) is 4.98 Å². The van der Waals surface area contributed by atoms with E-state index in [1.165, 1.54) is 38.0 Å². The highest BCUT2D eigenvalue weighted by Gasteiger charge is 2.26. The molecule has 0 bridgehead atoms. The topological polar surface area (TPSA) is 47.1 Å².